The number of anilines is 1. The Hall–Kier alpha value is -0.870. The molecular weight excluding hydrogens is 292 g/mol. The number of carbonyl (C=O) groups excluding carboxylic acids is 1. The predicted molar refractivity (Wildman–Crippen MR) is 78.0 cm³/mol. The zero-order valence-electron chi connectivity index (χ0n) is 10.9. The van der Waals surface area contributed by atoms with Gasteiger partial charge in [-0.3, -0.25) is 9.69 Å². The highest BCUT2D eigenvalue weighted by atomic mass is 79.9. The summed E-state index contributed by atoms with van der Waals surface area (Å²) in [4.78, 5) is 16.4. The number of nitrogens with zero attached hydrogens (tertiary/aromatic N) is 2. The summed E-state index contributed by atoms with van der Waals surface area (Å²) in [7, 11) is 0. The molecule has 1 heterocycles. The maximum atomic E-state index is 12.3. The van der Waals surface area contributed by atoms with E-state index in [1.54, 1.807) is 0 Å². The fraction of sp³-hybridized carbons (Fsp3) is 0.500. The normalized spacial score (nSPS) is 14.1. The van der Waals surface area contributed by atoms with Gasteiger partial charge in [-0.25, -0.2) is 0 Å². The lowest BCUT2D eigenvalue weighted by atomic mass is 10.2. The minimum Gasteiger partial charge on any atom is -0.311 e. The number of fused-ring (bicyclic) bond motifs is 1. The summed E-state index contributed by atoms with van der Waals surface area (Å²) in [6, 6.07) is 6.15. The molecule has 3 nitrogen and oxygen atoms in total. The average molecular weight is 311 g/mol. The van der Waals surface area contributed by atoms with Crippen molar-refractivity contribution in [3.63, 3.8) is 0 Å². The summed E-state index contributed by atoms with van der Waals surface area (Å²) in [5.41, 5.74) is 2.34. The average Bonchev–Trinajstić information content (AvgIpc) is 2.78. The number of amides is 1. The Labute approximate surface area is 117 Å². The van der Waals surface area contributed by atoms with E-state index in [9.17, 15) is 4.79 Å². The van der Waals surface area contributed by atoms with E-state index in [0.29, 0.717) is 6.54 Å². The van der Waals surface area contributed by atoms with Gasteiger partial charge in [0.1, 0.15) is 0 Å². The number of hydrogen-bond donors (Lipinski definition) is 0. The Morgan fingerprint density at radius 1 is 1.39 bits per heavy atom. The van der Waals surface area contributed by atoms with Crippen LogP contribution in [0.2, 0.25) is 0 Å². The van der Waals surface area contributed by atoms with Gasteiger partial charge in [-0.15, -0.1) is 0 Å². The minimum absolute atomic E-state index is 0.208. The van der Waals surface area contributed by atoms with Crippen LogP contribution < -0.4 is 4.90 Å². The van der Waals surface area contributed by atoms with Gasteiger partial charge in [0.05, 0.1) is 6.54 Å². The molecule has 0 bridgehead atoms. The van der Waals surface area contributed by atoms with Crippen LogP contribution in [0, 0.1) is 0 Å². The summed E-state index contributed by atoms with van der Waals surface area (Å²) in [5.74, 6) is 0.208. The molecule has 98 valence electrons. The smallest absolute Gasteiger partial charge is 0.241 e. The van der Waals surface area contributed by atoms with Crippen LogP contribution in [-0.2, 0) is 11.2 Å². The summed E-state index contributed by atoms with van der Waals surface area (Å²) < 4.78 is 1.08. The van der Waals surface area contributed by atoms with Crippen LogP contribution in [0.3, 0.4) is 0 Å². The second-order valence-corrected chi connectivity index (χ2v) is 5.45. The van der Waals surface area contributed by atoms with Crippen LogP contribution >= 0.6 is 15.9 Å². The van der Waals surface area contributed by atoms with E-state index in [-0.39, 0.29) is 5.91 Å². The maximum absolute atomic E-state index is 12.3. The molecule has 0 radical (unpaired) electrons. The summed E-state index contributed by atoms with van der Waals surface area (Å²) in [6.07, 6.45) is 0.957. The zero-order valence-corrected chi connectivity index (χ0v) is 12.5. The van der Waals surface area contributed by atoms with Crippen molar-refractivity contribution in [2.45, 2.75) is 20.3 Å². The van der Waals surface area contributed by atoms with Crippen molar-refractivity contribution in [1.82, 2.24) is 4.90 Å². The molecule has 18 heavy (non-hydrogen) atoms. The van der Waals surface area contributed by atoms with Gasteiger partial charge in [0, 0.05) is 16.7 Å². The topological polar surface area (TPSA) is 23.6 Å². The van der Waals surface area contributed by atoms with Crippen LogP contribution in [0.4, 0.5) is 5.69 Å². The molecule has 4 heteroatoms. The third kappa shape index (κ3) is 2.75. The molecule has 1 aliphatic rings. The van der Waals surface area contributed by atoms with Gasteiger partial charge < -0.3 is 4.90 Å². The third-order valence-corrected chi connectivity index (χ3v) is 3.98. The Kier molecular flexibility index (Phi) is 4.40. The molecule has 0 unspecified atom stereocenters. The second-order valence-electron chi connectivity index (χ2n) is 4.53. The fourth-order valence-electron chi connectivity index (χ4n) is 2.35. The first-order valence-electron chi connectivity index (χ1n) is 6.46. The number of hydrogen-bond acceptors (Lipinski definition) is 2. The monoisotopic (exact) mass is 310 g/mol. The summed E-state index contributed by atoms with van der Waals surface area (Å²) >= 11 is 3.47. The Bertz CT molecular complexity index is 443. The van der Waals surface area contributed by atoms with Gasteiger partial charge in [-0.2, -0.15) is 0 Å². The van der Waals surface area contributed by atoms with Gasteiger partial charge in [0.2, 0.25) is 5.91 Å². The third-order valence-electron chi connectivity index (χ3n) is 3.49. The quantitative estimate of drug-likeness (QED) is 0.853. The van der Waals surface area contributed by atoms with Crippen molar-refractivity contribution in [3.8, 4) is 0 Å². The van der Waals surface area contributed by atoms with Gasteiger partial charge in [0.15, 0.2) is 0 Å². The molecule has 1 aromatic rings. The standard InChI is InChI=1S/C14H19BrN2O/c1-3-16(4-2)10-14(18)17-8-7-11-9-12(15)5-6-13(11)17/h5-6,9H,3-4,7-8,10H2,1-2H3. The molecule has 0 atom stereocenters. The van der Waals surface area contributed by atoms with Crippen LogP contribution in [0.15, 0.2) is 22.7 Å². The molecular formula is C14H19BrN2O. The lowest BCUT2D eigenvalue weighted by Gasteiger charge is -2.23. The lowest BCUT2D eigenvalue weighted by Crippen LogP contribution is -2.39. The number of halogens is 1. The fourth-order valence-corrected chi connectivity index (χ4v) is 2.76. The molecule has 1 amide bonds. The van der Waals surface area contributed by atoms with Crippen molar-refractivity contribution < 1.29 is 4.79 Å². The highest BCUT2D eigenvalue weighted by Crippen LogP contribution is 2.30. The minimum atomic E-state index is 0.208. The molecule has 0 N–H and O–H groups in total. The first kappa shape index (κ1) is 13.6. The van der Waals surface area contributed by atoms with E-state index in [1.807, 2.05) is 17.0 Å². The highest BCUT2D eigenvalue weighted by Gasteiger charge is 2.25. The number of likely N-dealkylation sites (N-methyl/N-ethyl adjacent to an activating group) is 1. The van der Waals surface area contributed by atoms with Crippen molar-refractivity contribution in [3.05, 3.63) is 28.2 Å². The van der Waals surface area contributed by atoms with Gasteiger partial charge in [0.25, 0.3) is 0 Å². The van der Waals surface area contributed by atoms with E-state index in [4.69, 9.17) is 0 Å². The van der Waals surface area contributed by atoms with E-state index < -0.39 is 0 Å². The molecule has 0 aliphatic carbocycles. The zero-order chi connectivity index (χ0) is 13.1. The Morgan fingerprint density at radius 3 is 2.78 bits per heavy atom. The molecule has 2 rings (SSSR count). The van der Waals surface area contributed by atoms with E-state index >= 15 is 0 Å². The lowest BCUT2D eigenvalue weighted by molar-refractivity contribution is -0.119. The number of benzene rings is 1. The van der Waals surface area contributed by atoms with Gasteiger partial charge >= 0.3 is 0 Å². The Balaban J connectivity index is 2.11. The van der Waals surface area contributed by atoms with Crippen LogP contribution in [0.5, 0.6) is 0 Å². The molecule has 0 spiro atoms. The van der Waals surface area contributed by atoms with Crippen molar-refractivity contribution in [1.29, 1.82) is 0 Å². The van der Waals surface area contributed by atoms with Crippen molar-refractivity contribution in [2.75, 3.05) is 31.1 Å². The summed E-state index contributed by atoms with van der Waals surface area (Å²) in [6.45, 7) is 7.35. The second kappa shape index (κ2) is 5.85. The van der Waals surface area contributed by atoms with Crippen molar-refractivity contribution >= 4 is 27.5 Å². The molecule has 0 saturated heterocycles. The molecule has 1 aromatic carbocycles. The SMILES string of the molecule is CCN(CC)CC(=O)N1CCc2cc(Br)ccc21. The first-order chi connectivity index (χ1) is 8.65. The van der Waals surface area contributed by atoms with Crippen LogP contribution in [-0.4, -0.2) is 37.0 Å². The number of rotatable bonds is 4. The predicted octanol–water partition coefficient (Wildman–Crippen LogP) is 2.68. The van der Waals surface area contributed by atoms with E-state index in [0.717, 1.165) is 36.2 Å². The van der Waals surface area contributed by atoms with Crippen molar-refractivity contribution in [2.24, 2.45) is 0 Å². The van der Waals surface area contributed by atoms with Crippen LogP contribution in [0.1, 0.15) is 19.4 Å². The van der Waals surface area contributed by atoms with E-state index in [1.165, 1.54) is 5.56 Å². The van der Waals surface area contributed by atoms with Gasteiger partial charge in [-0.05, 0) is 43.3 Å². The first-order valence-corrected chi connectivity index (χ1v) is 7.26. The molecule has 0 fully saturated rings. The maximum Gasteiger partial charge on any atom is 0.241 e. The molecule has 0 aromatic heterocycles. The number of carbonyl (C=O) groups is 1. The Morgan fingerprint density at radius 2 is 2.11 bits per heavy atom. The summed E-state index contributed by atoms with van der Waals surface area (Å²) in [5, 5.41) is 0. The van der Waals surface area contributed by atoms with Crippen LogP contribution in [0.25, 0.3) is 0 Å². The van der Waals surface area contributed by atoms with Gasteiger partial charge in [-0.1, -0.05) is 29.8 Å². The largest absolute Gasteiger partial charge is 0.311 e. The molecule has 1 aliphatic heterocycles. The molecule has 0 saturated carbocycles. The highest BCUT2D eigenvalue weighted by molar-refractivity contribution is 9.10. The van der Waals surface area contributed by atoms with E-state index in [2.05, 4.69) is 40.7 Å².